The number of benzene rings is 2. The van der Waals surface area contributed by atoms with Crippen molar-refractivity contribution < 1.29 is 0 Å². The molecule has 0 saturated carbocycles. The lowest BCUT2D eigenvalue weighted by Crippen LogP contribution is -2.24. The fraction of sp³-hybridized carbons (Fsp3) is 0.158. The van der Waals surface area contributed by atoms with Crippen LogP contribution in [-0.4, -0.2) is 27.0 Å². The highest BCUT2D eigenvalue weighted by Gasteiger charge is 2.17. The third-order valence-electron chi connectivity index (χ3n) is 4.51. The summed E-state index contributed by atoms with van der Waals surface area (Å²) in [5, 5.41) is 3.22. The van der Waals surface area contributed by atoms with Crippen molar-refractivity contribution in [2.45, 2.75) is 13.0 Å². The first-order valence-electron chi connectivity index (χ1n) is 8.09. The van der Waals surface area contributed by atoms with Crippen LogP contribution in [0.4, 0.5) is 11.9 Å². The molecule has 2 heterocycles. The molecule has 2 aromatic carbocycles. The smallest absolute Gasteiger partial charge is 0.227 e. The number of rotatable bonds is 3. The molecule has 0 aliphatic carbocycles. The normalized spacial score (nSPS) is 12.4. The lowest BCUT2D eigenvalue weighted by atomic mass is 9.99. The number of anilines is 2. The summed E-state index contributed by atoms with van der Waals surface area (Å²) in [6.07, 6.45) is 3.36. The number of fused-ring (bicyclic) bond motifs is 2. The van der Waals surface area contributed by atoms with E-state index in [1.54, 1.807) is 12.4 Å². The summed E-state index contributed by atoms with van der Waals surface area (Å²) in [6.45, 7) is 2.14. The fourth-order valence-electron chi connectivity index (χ4n) is 2.99. The van der Waals surface area contributed by atoms with Gasteiger partial charge in [0, 0.05) is 19.4 Å². The quantitative estimate of drug-likeness (QED) is 0.620. The first-order chi connectivity index (χ1) is 12.1. The summed E-state index contributed by atoms with van der Waals surface area (Å²) in [6, 6.07) is 14.8. The molecule has 0 bridgehead atoms. The van der Waals surface area contributed by atoms with E-state index in [0.29, 0.717) is 11.6 Å². The van der Waals surface area contributed by atoms with Gasteiger partial charge < -0.3 is 10.6 Å². The van der Waals surface area contributed by atoms with Crippen LogP contribution < -0.4 is 10.6 Å². The van der Waals surface area contributed by atoms with Gasteiger partial charge in [0.15, 0.2) is 5.65 Å². The second-order valence-electron chi connectivity index (χ2n) is 6.03. The van der Waals surface area contributed by atoms with E-state index in [-0.39, 0.29) is 12.0 Å². The molecule has 1 unspecified atom stereocenters. The van der Waals surface area contributed by atoms with Crippen molar-refractivity contribution in [3.63, 3.8) is 0 Å². The minimum atomic E-state index is 0.0998. The standard InChI is InChI=1S/C19H18N6/c1-12(15-9-5-7-13-6-3-4-8-16(13)15)25(2)19-22-11-14-10-21-18(20)23-17(14)24-19/h3-12H,1-2H3,(H2,20,21,22,23,24). The van der Waals surface area contributed by atoms with Crippen molar-refractivity contribution in [3.8, 4) is 0 Å². The molecule has 124 valence electrons. The van der Waals surface area contributed by atoms with Crippen LogP contribution >= 0.6 is 0 Å². The summed E-state index contributed by atoms with van der Waals surface area (Å²) in [5.74, 6) is 0.813. The van der Waals surface area contributed by atoms with Crippen LogP contribution in [0.3, 0.4) is 0 Å². The largest absolute Gasteiger partial charge is 0.368 e. The van der Waals surface area contributed by atoms with Gasteiger partial charge in [0.25, 0.3) is 0 Å². The summed E-state index contributed by atoms with van der Waals surface area (Å²) in [4.78, 5) is 19.2. The molecule has 6 heteroatoms. The Morgan fingerprint density at radius 2 is 1.68 bits per heavy atom. The molecule has 0 amide bonds. The van der Waals surface area contributed by atoms with E-state index >= 15 is 0 Å². The number of hydrogen-bond acceptors (Lipinski definition) is 6. The highest BCUT2D eigenvalue weighted by atomic mass is 15.3. The summed E-state index contributed by atoms with van der Waals surface area (Å²) >= 11 is 0. The number of hydrogen-bond donors (Lipinski definition) is 1. The van der Waals surface area contributed by atoms with Crippen molar-refractivity contribution in [3.05, 3.63) is 60.4 Å². The van der Waals surface area contributed by atoms with Crippen LogP contribution in [0.25, 0.3) is 21.8 Å². The van der Waals surface area contributed by atoms with Gasteiger partial charge in [0.05, 0.1) is 11.4 Å². The van der Waals surface area contributed by atoms with Gasteiger partial charge in [-0.25, -0.2) is 9.97 Å². The van der Waals surface area contributed by atoms with Crippen LogP contribution in [0.15, 0.2) is 54.9 Å². The van der Waals surface area contributed by atoms with Gasteiger partial charge in [-0.3, -0.25) is 0 Å². The summed E-state index contributed by atoms with van der Waals surface area (Å²) in [5.41, 5.74) is 7.45. The molecule has 0 radical (unpaired) electrons. The molecular weight excluding hydrogens is 312 g/mol. The zero-order valence-corrected chi connectivity index (χ0v) is 14.1. The Bertz CT molecular complexity index is 1060. The first-order valence-corrected chi connectivity index (χ1v) is 8.09. The van der Waals surface area contributed by atoms with Gasteiger partial charge in [-0.05, 0) is 23.3 Å². The lowest BCUT2D eigenvalue weighted by Gasteiger charge is -2.26. The third-order valence-corrected chi connectivity index (χ3v) is 4.51. The Balaban J connectivity index is 1.75. The highest BCUT2D eigenvalue weighted by Crippen LogP contribution is 2.29. The molecule has 0 fully saturated rings. The molecule has 25 heavy (non-hydrogen) atoms. The van der Waals surface area contributed by atoms with Gasteiger partial charge in [0.2, 0.25) is 11.9 Å². The van der Waals surface area contributed by atoms with Crippen LogP contribution in [-0.2, 0) is 0 Å². The Morgan fingerprint density at radius 1 is 0.920 bits per heavy atom. The Kier molecular flexibility index (Phi) is 3.65. The van der Waals surface area contributed by atoms with Gasteiger partial charge in [0.1, 0.15) is 0 Å². The average molecular weight is 330 g/mol. The van der Waals surface area contributed by atoms with Crippen molar-refractivity contribution in [2.75, 3.05) is 17.7 Å². The molecule has 0 spiro atoms. The zero-order chi connectivity index (χ0) is 17.4. The Morgan fingerprint density at radius 3 is 2.56 bits per heavy atom. The second-order valence-corrected chi connectivity index (χ2v) is 6.03. The molecule has 2 aromatic heterocycles. The maximum atomic E-state index is 5.67. The summed E-state index contributed by atoms with van der Waals surface area (Å²) in [7, 11) is 1.98. The molecule has 4 aromatic rings. The van der Waals surface area contributed by atoms with E-state index in [0.717, 1.165) is 5.39 Å². The van der Waals surface area contributed by atoms with Crippen LogP contribution in [0.1, 0.15) is 18.5 Å². The molecule has 0 saturated heterocycles. The van der Waals surface area contributed by atoms with Crippen LogP contribution in [0, 0.1) is 0 Å². The maximum Gasteiger partial charge on any atom is 0.227 e. The summed E-state index contributed by atoms with van der Waals surface area (Å²) < 4.78 is 0. The molecule has 0 aliphatic heterocycles. The van der Waals surface area contributed by atoms with Gasteiger partial charge in [-0.1, -0.05) is 42.5 Å². The van der Waals surface area contributed by atoms with Gasteiger partial charge in [-0.15, -0.1) is 0 Å². The van der Waals surface area contributed by atoms with E-state index in [9.17, 15) is 0 Å². The highest BCUT2D eigenvalue weighted by molar-refractivity contribution is 5.86. The zero-order valence-electron chi connectivity index (χ0n) is 14.1. The fourth-order valence-corrected chi connectivity index (χ4v) is 2.99. The van der Waals surface area contributed by atoms with Crippen molar-refractivity contribution >= 4 is 33.7 Å². The Labute approximate surface area is 145 Å². The SMILES string of the molecule is CC(c1cccc2ccccc12)N(C)c1ncc2cnc(N)nc2n1. The predicted molar refractivity (Wildman–Crippen MR) is 100 cm³/mol. The van der Waals surface area contributed by atoms with E-state index in [1.165, 1.54) is 16.3 Å². The van der Waals surface area contributed by atoms with E-state index in [2.05, 4.69) is 69.3 Å². The molecule has 0 aliphatic rings. The third kappa shape index (κ3) is 2.71. The second kappa shape index (κ2) is 5.98. The van der Waals surface area contributed by atoms with Gasteiger partial charge >= 0.3 is 0 Å². The van der Waals surface area contributed by atoms with Gasteiger partial charge in [-0.2, -0.15) is 9.97 Å². The molecule has 2 N–H and O–H groups in total. The van der Waals surface area contributed by atoms with E-state index in [1.807, 2.05) is 11.9 Å². The van der Waals surface area contributed by atoms with E-state index in [4.69, 9.17) is 5.73 Å². The van der Waals surface area contributed by atoms with E-state index < -0.39 is 0 Å². The van der Waals surface area contributed by atoms with Crippen molar-refractivity contribution in [1.29, 1.82) is 0 Å². The monoisotopic (exact) mass is 330 g/mol. The predicted octanol–water partition coefficient (Wildman–Crippen LogP) is 3.35. The number of nitrogen functional groups attached to an aromatic ring is 1. The minimum Gasteiger partial charge on any atom is -0.368 e. The van der Waals surface area contributed by atoms with Crippen molar-refractivity contribution in [1.82, 2.24) is 19.9 Å². The topological polar surface area (TPSA) is 80.8 Å². The average Bonchev–Trinajstić information content (AvgIpc) is 2.65. The molecular formula is C19H18N6. The number of nitrogens with two attached hydrogens (primary N) is 1. The lowest BCUT2D eigenvalue weighted by molar-refractivity contribution is 0.722. The molecule has 4 rings (SSSR count). The Hall–Kier alpha value is -3.28. The maximum absolute atomic E-state index is 5.67. The number of nitrogens with zero attached hydrogens (tertiary/aromatic N) is 5. The van der Waals surface area contributed by atoms with Crippen LogP contribution in [0.2, 0.25) is 0 Å². The number of aromatic nitrogens is 4. The van der Waals surface area contributed by atoms with Crippen molar-refractivity contribution in [2.24, 2.45) is 0 Å². The first kappa shape index (κ1) is 15.3. The van der Waals surface area contributed by atoms with Crippen LogP contribution in [0.5, 0.6) is 0 Å². The minimum absolute atomic E-state index is 0.0998. The molecule has 6 nitrogen and oxygen atoms in total. The molecule has 1 atom stereocenters.